The predicted octanol–water partition coefficient (Wildman–Crippen LogP) is 3.73. The highest BCUT2D eigenvalue weighted by molar-refractivity contribution is 5.89. The van der Waals surface area contributed by atoms with Gasteiger partial charge in [0.2, 0.25) is 0 Å². The topological polar surface area (TPSA) is 111 Å². The summed E-state index contributed by atoms with van der Waals surface area (Å²) in [5.74, 6) is 0.654. The molecule has 1 aromatic carbocycles. The molecule has 8 heteroatoms. The average Bonchev–Trinajstić information content (AvgIpc) is 2.46. The first-order chi connectivity index (χ1) is 10.4. The second-order valence-corrected chi connectivity index (χ2v) is 5.60. The molecule has 0 aliphatic heterocycles. The lowest BCUT2D eigenvalue weighted by Crippen LogP contribution is -2.25. The second kappa shape index (κ2) is 6.50. The first-order valence-corrected chi connectivity index (χ1v) is 7.16. The molecule has 22 heavy (non-hydrogen) atoms. The minimum Gasteiger partial charge on any atom is -0.272 e. The van der Waals surface area contributed by atoms with Gasteiger partial charge in [0.1, 0.15) is 5.69 Å². The normalized spacial score (nSPS) is 21.3. The van der Waals surface area contributed by atoms with Gasteiger partial charge in [-0.15, -0.1) is 0 Å². The number of hydrazone groups is 1. The Labute approximate surface area is 127 Å². The molecule has 2 rings (SSSR count). The first kappa shape index (κ1) is 15.9. The molecule has 0 heterocycles. The van der Waals surface area contributed by atoms with Gasteiger partial charge < -0.3 is 0 Å². The Morgan fingerprint density at radius 1 is 1.14 bits per heavy atom. The van der Waals surface area contributed by atoms with E-state index in [0.29, 0.717) is 11.8 Å². The Hall–Kier alpha value is -2.51. The van der Waals surface area contributed by atoms with E-state index in [4.69, 9.17) is 0 Å². The molecule has 2 atom stereocenters. The third-order valence-electron chi connectivity index (χ3n) is 3.98. The molecule has 0 bridgehead atoms. The SMILES string of the molecule is C[C@@H]1CCC[C@@H](C)C1=NNc1ccc([N+](=O)[O-])cc1[N+](=O)[O-]. The Bertz CT molecular complexity index is 617. The zero-order chi connectivity index (χ0) is 16.3. The van der Waals surface area contributed by atoms with Crippen molar-refractivity contribution < 1.29 is 9.85 Å². The van der Waals surface area contributed by atoms with Crippen LogP contribution in [0.1, 0.15) is 33.1 Å². The van der Waals surface area contributed by atoms with Crippen molar-refractivity contribution in [1.29, 1.82) is 0 Å². The van der Waals surface area contributed by atoms with Crippen LogP contribution in [0.3, 0.4) is 0 Å². The molecule has 118 valence electrons. The summed E-state index contributed by atoms with van der Waals surface area (Å²) in [6.07, 6.45) is 3.25. The summed E-state index contributed by atoms with van der Waals surface area (Å²) in [7, 11) is 0. The van der Waals surface area contributed by atoms with Crippen LogP contribution in [0, 0.1) is 32.1 Å². The van der Waals surface area contributed by atoms with Gasteiger partial charge in [0.15, 0.2) is 0 Å². The van der Waals surface area contributed by atoms with Crippen LogP contribution in [0.2, 0.25) is 0 Å². The van der Waals surface area contributed by atoms with Crippen LogP contribution in [-0.4, -0.2) is 15.6 Å². The zero-order valence-corrected chi connectivity index (χ0v) is 12.5. The van der Waals surface area contributed by atoms with E-state index in [0.717, 1.165) is 31.0 Å². The average molecular weight is 306 g/mol. The van der Waals surface area contributed by atoms with Crippen molar-refractivity contribution in [3.8, 4) is 0 Å². The first-order valence-electron chi connectivity index (χ1n) is 7.16. The van der Waals surface area contributed by atoms with Crippen molar-refractivity contribution in [2.24, 2.45) is 16.9 Å². The summed E-state index contributed by atoms with van der Waals surface area (Å²) in [5.41, 5.74) is 3.19. The van der Waals surface area contributed by atoms with Gasteiger partial charge in [0.25, 0.3) is 5.69 Å². The lowest BCUT2D eigenvalue weighted by molar-refractivity contribution is -0.393. The van der Waals surface area contributed by atoms with Crippen molar-refractivity contribution >= 4 is 22.8 Å². The molecule has 1 aliphatic rings. The molecule has 0 amide bonds. The van der Waals surface area contributed by atoms with Crippen LogP contribution >= 0.6 is 0 Å². The highest BCUT2D eigenvalue weighted by atomic mass is 16.6. The van der Waals surface area contributed by atoms with E-state index in [1.54, 1.807) is 0 Å². The molecule has 1 aromatic rings. The number of rotatable bonds is 4. The Morgan fingerprint density at radius 3 is 2.32 bits per heavy atom. The molecular formula is C14H18N4O4. The Kier molecular flexibility index (Phi) is 4.69. The molecule has 0 unspecified atom stereocenters. The van der Waals surface area contributed by atoms with Gasteiger partial charge in [0, 0.05) is 11.8 Å². The minimum absolute atomic E-state index is 0.160. The number of anilines is 1. The van der Waals surface area contributed by atoms with Gasteiger partial charge in [-0.05, 0) is 30.7 Å². The molecule has 1 saturated carbocycles. The van der Waals surface area contributed by atoms with E-state index in [1.165, 1.54) is 12.1 Å². The van der Waals surface area contributed by atoms with Crippen LogP contribution < -0.4 is 5.43 Å². The maximum atomic E-state index is 11.1. The van der Waals surface area contributed by atoms with Crippen molar-refractivity contribution in [2.75, 3.05) is 5.43 Å². The second-order valence-electron chi connectivity index (χ2n) is 5.60. The highest BCUT2D eigenvalue weighted by Gasteiger charge is 2.24. The highest BCUT2D eigenvalue weighted by Crippen LogP contribution is 2.30. The van der Waals surface area contributed by atoms with Gasteiger partial charge >= 0.3 is 5.69 Å². The molecule has 0 spiro atoms. The van der Waals surface area contributed by atoms with E-state index in [1.807, 2.05) is 0 Å². The van der Waals surface area contributed by atoms with Gasteiger partial charge in [-0.2, -0.15) is 5.10 Å². The molecular weight excluding hydrogens is 288 g/mol. The molecule has 0 saturated heterocycles. The lowest BCUT2D eigenvalue weighted by atomic mass is 9.81. The quantitative estimate of drug-likeness (QED) is 0.673. The van der Waals surface area contributed by atoms with Crippen molar-refractivity contribution in [1.82, 2.24) is 0 Å². The number of hydrogen-bond acceptors (Lipinski definition) is 6. The number of benzene rings is 1. The fraction of sp³-hybridized carbons (Fsp3) is 0.500. The standard InChI is InChI=1S/C14H18N4O4/c1-9-4-3-5-10(2)14(9)16-15-12-7-6-11(17(19)20)8-13(12)18(21)22/h6-10,15H,3-5H2,1-2H3/t9-,10-/m1/s1. The monoisotopic (exact) mass is 306 g/mol. The number of nitrogens with one attached hydrogen (secondary N) is 1. The van der Waals surface area contributed by atoms with E-state index in [9.17, 15) is 20.2 Å². The number of nitrogens with zero attached hydrogens (tertiary/aromatic N) is 3. The van der Waals surface area contributed by atoms with E-state index in [2.05, 4.69) is 24.4 Å². The summed E-state index contributed by atoms with van der Waals surface area (Å²) in [6.45, 7) is 4.17. The summed E-state index contributed by atoms with van der Waals surface area (Å²) in [5, 5.41) is 26.1. The van der Waals surface area contributed by atoms with Gasteiger partial charge in [0.05, 0.1) is 15.9 Å². The fourth-order valence-electron chi connectivity index (χ4n) is 2.74. The molecule has 1 fully saturated rings. The van der Waals surface area contributed by atoms with Crippen LogP contribution in [0.25, 0.3) is 0 Å². The third-order valence-corrected chi connectivity index (χ3v) is 3.98. The summed E-state index contributed by atoms with van der Waals surface area (Å²) >= 11 is 0. The zero-order valence-electron chi connectivity index (χ0n) is 12.5. The molecule has 0 radical (unpaired) electrons. The number of hydrogen-bond donors (Lipinski definition) is 1. The minimum atomic E-state index is -0.659. The van der Waals surface area contributed by atoms with Gasteiger partial charge in [-0.1, -0.05) is 20.3 Å². The van der Waals surface area contributed by atoms with E-state index < -0.39 is 9.85 Å². The fourth-order valence-corrected chi connectivity index (χ4v) is 2.74. The predicted molar refractivity (Wildman–Crippen MR) is 83.0 cm³/mol. The maximum Gasteiger partial charge on any atom is 0.301 e. The van der Waals surface area contributed by atoms with E-state index >= 15 is 0 Å². The number of non-ortho nitro benzene ring substituents is 1. The van der Waals surface area contributed by atoms with Crippen molar-refractivity contribution in [2.45, 2.75) is 33.1 Å². The molecule has 1 N–H and O–H groups in total. The summed E-state index contributed by atoms with van der Waals surface area (Å²) in [6, 6.07) is 3.48. The third kappa shape index (κ3) is 3.38. The largest absolute Gasteiger partial charge is 0.301 e. The maximum absolute atomic E-state index is 11.1. The number of nitro groups is 2. The van der Waals surface area contributed by atoms with E-state index in [-0.39, 0.29) is 17.1 Å². The summed E-state index contributed by atoms with van der Waals surface area (Å²) in [4.78, 5) is 20.5. The molecule has 8 nitrogen and oxygen atoms in total. The Morgan fingerprint density at radius 2 is 1.77 bits per heavy atom. The smallest absolute Gasteiger partial charge is 0.272 e. The van der Waals surface area contributed by atoms with Gasteiger partial charge in [-0.25, -0.2) is 0 Å². The molecule has 1 aliphatic carbocycles. The summed E-state index contributed by atoms with van der Waals surface area (Å²) < 4.78 is 0. The van der Waals surface area contributed by atoms with Crippen LogP contribution in [-0.2, 0) is 0 Å². The number of nitro benzene ring substituents is 2. The van der Waals surface area contributed by atoms with Crippen LogP contribution in [0.5, 0.6) is 0 Å². The van der Waals surface area contributed by atoms with Crippen molar-refractivity contribution in [3.63, 3.8) is 0 Å². The Balaban J connectivity index is 2.29. The lowest BCUT2D eigenvalue weighted by Gasteiger charge is -2.26. The van der Waals surface area contributed by atoms with Gasteiger partial charge in [-0.3, -0.25) is 25.7 Å². The van der Waals surface area contributed by atoms with Crippen LogP contribution in [0.4, 0.5) is 17.1 Å². The van der Waals surface area contributed by atoms with Crippen LogP contribution in [0.15, 0.2) is 23.3 Å². The molecule has 0 aromatic heterocycles. The van der Waals surface area contributed by atoms with Crippen molar-refractivity contribution in [3.05, 3.63) is 38.4 Å².